The predicted octanol–water partition coefficient (Wildman–Crippen LogP) is 1.29. The van der Waals surface area contributed by atoms with Crippen LogP contribution in [0, 0.1) is 6.92 Å². The maximum Gasteiger partial charge on any atom is 0.341 e. The van der Waals surface area contributed by atoms with Gasteiger partial charge in [0.15, 0.2) is 0 Å². The molecule has 0 fully saturated rings. The minimum atomic E-state index is -0.305. The van der Waals surface area contributed by atoms with E-state index >= 15 is 0 Å². The Hall–Kier alpha value is -1.32. The van der Waals surface area contributed by atoms with E-state index in [1.165, 1.54) is 0 Å². The van der Waals surface area contributed by atoms with Gasteiger partial charge < -0.3 is 4.74 Å². The lowest BCUT2D eigenvalue weighted by Gasteiger charge is -2.05. The van der Waals surface area contributed by atoms with Gasteiger partial charge in [-0.1, -0.05) is 0 Å². The summed E-state index contributed by atoms with van der Waals surface area (Å²) in [6.45, 7) is 5.43. The molecule has 0 saturated heterocycles. The molecule has 72 valence electrons. The van der Waals surface area contributed by atoms with Gasteiger partial charge in [-0.25, -0.2) is 4.79 Å². The molecule has 0 radical (unpaired) electrons. The van der Waals surface area contributed by atoms with Gasteiger partial charge in [-0.15, -0.1) is 0 Å². The van der Waals surface area contributed by atoms with Crippen LogP contribution in [0.4, 0.5) is 0 Å². The van der Waals surface area contributed by atoms with E-state index in [0.29, 0.717) is 11.3 Å². The Balaban J connectivity index is 2.82. The number of ether oxygens (including phenoxy) is 1. The molecule has 0 aliphatic carbocycles. The summed E-state index contributed by atoms with van der Waals surface area (Å²) >= 11 is 0. The second-order valence-electron chi connectivity index (χ2n) is 3.26. The number of aromatic nitrogens is 2. The lowest BCUT2D eigenvalue weighted by atomic mass is 10.3. The highest BCUT2D eigenvalue weighted by Gasteiger charge is 2.14. The first-order chi connectivity index (χ1) is 6.00. The molecule has 0 aliphatic rings. The molecular formula is C9H14N2O2. The molecule has 0 amide bonds. The van der Waals surface area contributed by atoms with Crippen LogP contribution in [-0.2, 0) is 11.8 Å². The minimum absolute atomic E-state index is 0.0906. The molecule has 0 aliphatic heterocycles. The van der Waals surface area contributed by atoms with E-state index < -0.39 is 0 Å². The first-order valence-electron chi connectivity index (χ1n) is 4.22. The maximum absolute atomic E-state index is 11.4. The third-order valence-corrected chi connectivity index (χ3v) is 1.58. The van der Waals surface area contributed by atoms with Crippen LogP contribution in [0.2, 0.25) is 0 Å². The van der Waals surface area contributed by atoms with Crippen LogP contribution in [0.5, 0.6) is 0 Å². The van der Waals surface area contributed by atoms with Crippen molar-refractivity contribution < 1.29 is 9.53 Å². The Morgan fingerprint density at radius 1 is 1.62 bits per heavy atom. The summed E-state index contributed by atoms with van der Waals surface area (Å²) in [5, 5.41) is 4.06. The molecule has 1 rings (SSSR count). The fourth-order valence-electron chi connectivity index (χ4n) is 1.08. The highest BCUT2D eigenvalue weighted by Crippen LogP contribution is 2.07. The van der Waals surface area contributed by atoms with Gasteiger partial charge in [0.25, 0.3) is 0 Å². The van der Waals surface area contributed by atoms with Crippen molar-refractivity contribution in [3.05, 3.63) is 17.5 Å². The average molecular weight is 182 g/mol. The van der Waals surface area contributed by atoms with Crippen molar-refractivity contribution in [3.8, 4) is 0 Å². The molecule has 1 aromatic heterocycles. The molecule has 1 aromatic rings. The summed E-state index contributed by atoms with van der Waals surface area (Å²) in [6, 6.07) is 0. The predicted molar refractivity (Wildman–Crippen MR) is 48.5 cm³/mol. The Bertz CT molecular complexity index is 315. The third-order valence-electron chi connectivity index (χ3n) is 1.58. The summed E-state index contributed by atoms with van der Waals surface area (Å²) in [6.07, 6.45) is 1.58. The molecule has 4 heteroatoms. The largest absolute Gasteiger partial charge is 0.459 e. The number of esters is 1. The summed E-state index contributed by atoms with van der Waals surface area (Å²) in [4.78, 5) is 11.4. The number of carbonyl (C=O) groups is 1. The number of aryl methyl sites for hydroxylation is 2. The van der Waals surface area contributed by atoms with Crippen LogP contribution in [0.3, 0.4) is 0 Å². The standard InChI is InChI=1S/C9H14N2O2/c1-6(2)13-9(12)8-5-11(4)10-7(8)3/h5-6H,1-4H3. The van der Waals surface area contributed by atoms with E-state index in [1.807, 2.05) is 13.8 Å². The zero-order chi connectivity index (χ0) is 10.0. The van der Waals surface area contributed by atoms with Crippen molar-refractivity contribution in [2.24, 2.45) is 7.05 Å². The molecule has 13 heavy (non-hydrogen) atoms. The zero-order valence-electron chi connectivity index (χ0n) is 8.37. The van der Waals surface area contributed by atoms with Gasteiger partial charge in [0.05, 0.1) is 11.8 Å². The Morgan fingerprint density at radius 3 is 2.62 bits per heavy atom. The van der Waals surface area contributed by atoms with E-state index in [0.717, 1.165) is 0 Å². The average Bonchev–Trinajstić information content (AvgIpc) is 2.28. The SMILES string of the molecule is Cc1nn(C)cc1C(=O)OC(C)C. The molecule has 0 saturated carbocycles. The van der Waals surface area contributed by atoms with Crippen molar-refractivity contribution in [2.45, 2.75) is 26.9 Å². The van der Waals surface area contributed by atoms with Gasteiger partial charge in [-0.2, -0.15) is 5.10 Å². The van der Waals surface area contributed by atoms with Crippen molar-refractivity contribution in [1.29, 1.82) is 0 Å². The fraction of sp³-hybridized carbons (Fsp3) is 0.556. The summed E-state index contributed by atoms with van der Waals surface area (Å²) < 4.78 is 6.64. The smallest absolute Gasteiger partial charge is 0.341 e. The quantitative estimate of drug-likeness (QED) is 0.647. The van der Waals surface area contributed by atoms with Gasteiger partial charge in [0.1, 0.15) is 5.56 Å². The van der Waals surface area contributed by atoms with Crippen molar-refractivity contribution in [1.82, 2.24) is 9.78 Å². The van der Waals surface area contributed by atoms with Gasteiger partial charge in [0, 0.05) is 13.2 Å². The molecule has 0 spiro atoms. The molecule has 0 aromatic carbocycles. The summed E-state index contributed by atoms with van der Waals surface area (Å²) in [5.41, 5.74) is 1.24. The molecule has 0 unspecified atom stereocenters. The molecule has 0 atom stereocenters. The lowest BCUT2D eigenvalue weighted by Crippen LogP contribution is -2.11. The first-order valence-corrected chi connectivity index (χ1v) is 4.22. The third kappa shape index (κ3) is 2.31. The van der Waals surface area contributed by atoms with Crippen molar-refractivity contribution in [3.63, 3.8) is 0 Å². The van der Waals surface area contributed by atoms with Crippen LogP contribution in [0.1, 0.15) is 29.9 Å². The monoisotopic (exact) mass is 182 g/mol. The topological polar surface area (TPSA) is 44.1 Å². The summed E-state index contributed by atoms with van der Waals surface area (Å²) in [5.74, 6) is -0.305. The summed E-state index contributed by atoms with van der Waals surface area (Å²) in [7, 11) is 1.78. The van der Waals surface area contributed by atoms with Gasteiger partial charge in [-0.3, -0.25) is 4.68 Å². The van der Waals surface area contributed by atoms with E-state index in [2.05, 4.69) is 5.10 Å². The van der Waals surface area contributed by atoms with Crippen molar-refractivity contribution >= 4 is 5.97 Å². The lowest BCUT2D eigenvalue weighted by molar-refractivity contribution is 0.0377. The number of hydrogen-bond donors (Lipinski definition) is 0. The Labute approximate surface area is 77.5 Å². The number of rotatable bonds is 2. The highest BCUT2D eigenvalue weighted by molar-refractivity contribution is 5.90. The molecule has 0 N–H and O–H groups in total. The van der Waals surface area contributed by atoms with Crippen LogP contribution in [0.15, 0.2) is 6.20 Å². The van der Waals surface area contributed by atoms with E-state index in [9.17, 15) is 4.79 Å². The minimum Gasteiger partial charge on any atom is -0.459 e. The normalized spacial score (nSPS) is 10.5. The molecular weight excluding hydrogens is 168 g/mol. The molecule has 1 heterocycles. The number of nitrogens with zero attached hydrogens (tertiary/aromatic N) is 2. The molecule has 0 bridgehead atoms. The van der Waals surface area contributed by atoms with E-state index in [4.69, 9.17) is 4.74 Å². The van der Waals surface area contributed by atoms with Crippen LogP contribution >= 0.6 is 0 Å². The second-order valence-corrected chi connectivity index (χ2v) is 3.26. The van der Waals surface area contributed by atoms with Gasteiger partial charge >= 0.3 is 5.97 Å². The highest BCUT2D eigenvalue weighted by atomic mass is 16.5. The van der Waals surface area contributed by atoms with E-state index in [-0.39, 0.29) is 12.1 Å². The first kappa shape index (κ1) is 9.77. The van der Waals surface area contributed by atoms with Gasteiger partial charge in [-0.05, 0) is 20.8 Å². The van der Waals surface area contributed by atoms with Gasteiger partial charge in [0.2, 0.25) is 0 Å². The van der Waals surface area contributed by atoms with Crippen LogP contribution in [-0.4, -0.2) is 21.9 Å². The Kier molecular flexibility index (Phi) is 2.70. The van der Waals surface area contributed by atoms with Crippen LogP contribution in [0.25, 0.3) is 0 Å². The van der Waals surface area contributed by atoms with Crippen molar-refractivity contribution in [2.75, 3.05) is 0 Å². The number of hydrogen-bond acceptors (Lipinski definition) is 3. The Morgan fingerprint density at radius 2 is 2.23 bits per heavy atom. The number of carbonyl (C=O) groups excluding carboxylic acids is 1. The maximum atomic E-state index is 11.4. The fourth-order valence-corrected chi connectivity index (χ4v) is 1.08. The van der Waals surface area contributed by atoms with E-state index in [1.54, 1.807) is 24.9 Å². The van der Waals surface area contributed by atoms with Crippen LogP contribution < -0.4 is 0 Å². The molecule has 4 nitrogen and oxygen atoms in total. The zero-order valence-corrected chi connectivity index (χ0v) is 8.37. The second kappa shape index (κ2) is 3.60.